The Morgan fingerprint density at radius 2 is 1.96 bits per heavy atom. The molecule has 7 heteroatoms. The van der Waals surface area contributed by atoms with E-state index >= 15 is 0 Å². The minimum absolute atomic E-state index is 0.151. The van der Waals surface area contributed by atoms with E-state index in [-0.39, 0.29) is 18.4 Å². The molecule has 3 amide bonds. The molecule has 1 aliphatic heterocycles. The van der Waals surface area contributed by atoms with E-state index in [1.807, 2.05) is 6.07 Å². The first-order valence-electron chi connectivity index (χ1n) is 8.70. The van der Waals surface area contributed by atoms with Crippen LogP contribution in [0.15, 0.2) is 48.5 Å². The van der Waals surface area contributed by atoms with Crippen LogP contribution < -0.4 is 15.8 Å². The fourth-order valence-electron chi connectivity index (χ4n) is 2.92. The van der Waals surface area contributed by atoms with E-state index in [4.69, 9.17) is 10.5 Å². The molecule has 2 aromatic rings. The highest BCUT2D eigenvalue weighted by atomic mass is 16.5. The summed E-state index contributed by atoms with van der Waals surface area (Å²) >= 11 is 0. The summed E-state index contributed by atoms with van der Waals surface area (Å²) in [6.45, 7) is 1.04. The second-order valence-corrected chi connectivity index (χ2v) is 6.36. The minimum atomic E-state index is -0.572. The van der Waals surface area contributed by atoms with Gasteiger partial charge in [0.1, 0.15) is 5.75 Å². The predicted molar refractivity (Wildman–Crippen MR) is 100 cm³/mol. The molecule has 3 N–H and O–H groups in total. The van der Waals surface area contributed by atoms with Crippen molar-refractivity contribution in [2.24, 2.45) is 5.73 Å². The zero-order valence-corrected chi connectivity index (χ0v) is 14.8. The molecular weight excluding hydrogens is 346 g/mol. The number of ether oxygens (including phenoxy) is 1. The number of nitrogens with one attached hydrogen (secondary N) is 1. The van der Waals surface area contributed by atoms with Crippen molar-refractivity contribution in [3.63, 3.8) is 0 Å². The summed E-state index contributed by atoms with van der Waals surface area (Å²) in [5, 5.41) is 2.80. The molecule has 140 valence electrons. The third kappa shape index (κ3) is 5.07. The van der Waals surface area contributed by atoms with Crippen molar-refractivity contribution < 1.29 is 19.1 Å². The van der Waals surface area contributed by atoms with E-state index in [1.165, 1.54) is 0 Å². The molecule has 1 saturated heterocycles. The smallest absolute Gasteiger partial charge is 0.255 e. The van der Waals surface area contributed by atoms with Crippen molar-refractivity contribution in [3.05, 3.63) is 59.7 Å². The number of hydrogen-bond acceptors (Lipinski definition) is 4. The maximum Gasteiger partial charge on any atom is 0.255 e. The van der Waals surface area contributed by atoms with Gasteiger partial charge in [0.15, 0.2) is 6.61 Å². The highest BCUT2D eigenvalue weighted by Gasteiger charge is 2.20. The molecule has 0 saturated carbocycles. The first-order chi connectivity index (χ1) is 13.0. The number of nitrogens with two attached hydrogens (primary N) is 1. The first-order valence-corrected chi connectivity index (χ1v) is 8.70. The summed E-state index contributed by atoms with van der Waals surface area (Å²) < 4.78 is 5.24. The predicted octanol–water partition coefficient (Wildman–Crippen LogP) is 1.93. The molecule has 0 bridgehead atoms. The number of nitrogens with zero attached hydrogens (tertiary/aromatic N) is 1. The molecule has 2 aromatic carbocycles. The fourth-order valence-corrected chi connectivity index (χ4v) is 2.92. The molecule has 1 fully saturated rings. The minimum Gasteiger partial charge on any atom is -0.484 e. The molecule has 0 atom stereocenters. The summed E-state index contributed by atoms with van der Waals surface area (Å²) in [7, 11) is 0. The maximum atomic E-state index is 12.5. The van der Waals surface area contributed by atoms with Crippen LogP contribution in [0.2, 0.25) is 0 Å². The summed E-state index contributed by atoms with van der Waals surface area (Å²) in [4.78, 5) is 36.9. The van der Waals surface area contributed by atoms with Crippen LogP contribution in [0.4, 0.5) is 5.69 Å². The molecule has 0 radical (unpaired) electrons. The molecule has 1 heterocycles. The van der Waals surface area contributed by atoms with Crippen molar-refractivity contribution in [1.82, 2.24) is 4.90 Å². The summed E-state index contributed by atoms with van der Waals surface area (Å²) in [6.07, 6.45) is 1.47. The van der Waals surface area contributed by atoms with Crippen LogP contribution in [0.1, 0.15) is 28.8 Å². The van der Waals surface area contributed by atoms with Crippen LogP contribution in [0, 0.1) is 0 Å². The lowest BCUT2D eigenvalue weighted by Crippen LogP contribution is -2.24. The number of carbonyl (C=O) groups excluding carboxylic acids is 3. The monoisotopic (exact) mass is 367 g/mol. The summed E-state index contributed by atoms with van der Waals surface area (Å²) in [6, 6.07) is 13.9. The molecular formula is C20H21N3O4. The summed E-state index contributed by atoms with van der Waals surface area (Å²) in [5.41, 5.74) is 7.02. The highest BCUT2D eigenvalue weighted by molar-refractivity contribution is 6.04. The van der Waals surface area contributed by atoms with Gasteiger partial charge in [-0.1, -0.05) is 18.2 Å². The summed E-state index contributed by atoms with van der Waals surface area (Å²) in [5.74, 6) is -0.250. The van der Waals surface area contributed by atoms with Gasteiger partial charge >= 0.3 is 0 Å². The van der Waals surface area contributed by atoms with Crippen LogP contribution in [0.5, 0.6) is 5.75 Å². The normalized spacial score (nSPS) is 13.5. The zero-order valence-electron chi connectivity index (χ0n) is 14.8. The van der Waals surface area contributed by atoms with Gasteiger partial charge in [0.2, 0.25) is 5.91 Å². The van der Waals surface area contributed by atoms with E-state index in [0.29, 0.717) is 30.0 Å². The maximum absolute atomic E-state index is 12.5. The molecule has 0 spiro atoms. The van der Waals surface area contributed by atoms with Crippen molar-refractivity contribution in [1.29, 1.82) is 0 Å². The number of rotatable bonds is 7. The van der Waals surface area contributed by atoms with Crippen molar-refractivity contribution in [2.45, 2.75) is 19.4 Å². The molecule has 27 heavy (non-hydrogen) atoms. The van der Waals surface area contributed by atoms with E-state index < -0.39 is 5.91 Å². The Balaban J connectivity index is 1.65. The zero-order chi connectivity index (χ0) is 19.2. The van der Waals surface area contributed by atoms with Crippen LogP contribution in [0.3, 0.4) is 0 Å². The van der Waals surface area contributed by atoms with Crippen LogP contribution >= 0.6 is 0 Å². The van der Waals surface area contributed by atoms with Gasteiger partial charge in [-0.05, 0) is 36.2 Å². The largest absolute Gasteiger partial charge is 0.484 e. The Bertz CT molecular complexity index is 866. The highest BCUT2D eigenvalue weighted by Crippen LogP contribution is 2.19. The van der Waals surface area contributed by atoms with Gasteiger partial charge in [0.25, 0.3) is 11.8 Å². The standard InChI is InChI=1S/C20H21N3O4/c21-18(24)13-27-17-7-2-6-16(11-17)22-20(26)15-5-1-4-14(10-15)12-23-9-3-8-19(23)25/h1-2,4-7,10-11H,3,8-9,12-13H2,(H2,21,24)(H,22,26). The average molecular weight is 367 g/mol. The van der Waals surface area contributed by atoms with Crippen LogP contribution in [0.25, 0.3) is 0 Å². The third-order valence-electron chi connectivity index (χ3n) is 4.21. The Labute approximate surface area is 157 Å². The van der Waals surface area contributed by atoms with Gasteiger partial charge in [-0.3, -0.25) is 14.4 Å². The van der Waals surface area contributed by atoms with E-state index in [1.54, 1.807) is 47.4 Å². The lowest BCUT2D eigenvalue weighted by atomic mass is 10.1. The Hall–Kier alpha value is -3.35. The molecule has 0 aliphatic carbocycles. The van der Waals surface area contributed by atoms with Gasteiger partial charge in [-0.25, -0.2) is 0 Å². The molecule has 0 aromatic heterocycles. The van der Waals surface area contributed by atoms with Crippen molar-refractivity contribution in [3.8, 4) is 5.75 Å². The number of hydrogen-bond donors (Lipinski definition) is 2. The Morgan fingerprint density at radius 1 is 1.15 bits per heavy atom. The Morgan fingerprint density at radius 3 is 2.70 bits per heavy atom. The van der Waals surface area contributed by atoms with Crippen LogP contribution in [-0.2, 0) is 16.1 Å². The topological polar surface area (TPSA) is 102 Å². The molecule has 7 nitrogen and oxygen atoms in total. The number of amides is 3. The van der Waals surface area contributed by atoms with Crippen molar-refractivity contribution in [2.75, 3.05) is 18.5 Å². The van der Waals surface area contributed by atoms with Gasteiger partial charge in [-0.2, -0.15) is 0 Å². The second kappa shape index (κ2) is 8.35. The first kappa shape index (κ1) is 18.4. The van der Waals surface area contributed by atoms with E-state index in [0.717, 1.165) is 18.5 Å². The van der Waals surface area contributed by atoms with Crippen LogP contribution in [-0.4, -0.2) is 35.8 Å². The lowest BCUT2D eigenvalue weighted by molar-refractivity contribution is -0.128. The SMILES string of the molecule is NC(=O)COc1cccc(NC(=O)c2cccc(CN3CCCC3=O)c2)c1. The van der Waals surface area contributed by atoms with Gasteiger partial charge in [0.05, 0.1) is 0 Å². The number of likely N-dealkylation sites (tertiary alicyclic amines) is 1. The molecule has 1 aliphatic rings. The quantitative estimate of drug-likeness (QED) is 0.780. The Kier molecular flexibility index (Phi) is 5.71. The van der Waals surface area contributed by atoms with Gasteiger partial charge in [-0.15, -0.1) is 0 Å². The van der Waals surface area contributed by atoms with E-state index in [2.05, 4.69) is 5.32 Å². The average Bonchev–Trinajstić information content (AvgIpc) is 3.05. The second-order valence-electron chi connectivity index (χ2n) is 6.36. The van der Waals surface area contributed by atoms with Crippen molar-refractivity contribution >= 4 is 23.4 Å². The number of anilines is 1. The molecule has 3 rings (SSSR count). The lowest BCUT2D eigenvalue weighted by Gasteiger charge is -2.16. The molecule has 0 unspecified atom stereocenters. The van der Waals surface area contributed by atoms with E-state index in [9.17, 15) is 14.4 Å². The number of carbonyl (C=O) groups is 3. The third-order valence-corrected chi connectivity index (χ3v) is 4.21. The van der Waals surface area contributed by atoms with Gasteiger partial charge < -0.3 is 20.7 Å². The number of benzene rings is 2. The van der Waals surface area contributed by atoms with Gasteiger partial charge in [0, 0.05) is 36.8 Å². The number of primary amides is 1. The fraction of sp³-hybridized carbons (Fsp3) is 0.250.